The molecule has 1 N–H and O–H groups in total. The van der Waals surface area contributed by atoms with Gasteiger partial charge in [0.2, 0.25) is 5.91 Å². The first-order valence-electron chi connectivity index (χ1n) is 7.16. The number of carbonyl (C=O) groups is 1. The second-order valence-corrected chi connectivity index (χ2v) is 5.57. The number of amides is 1. The standard InChI is InChI=1S/C18H14Cl2N2O3/c1-24-16-11-12(5-7-15(16)25-10-9-21)6-8-17(23)22-14-4-2-3-13(19)18(14)20/h2-8,11H,10H2,1H3,(H,22,23)/b8-6+. The highest BCUT2D eigenvalue weighted by atomic mass is 35.5. The van der Waals surface area contributed by atoms with Crippen molar-refractivity contribution in [3.8, 4) is 17.6 Å². The van der Waals surface area contributed by atoms with Crippen molar-refractivity contribution >= 4 is 40.9 Å². The quantitative estimate of drug-likeness (QED) is 0.750. The molecule has 7 heteroatoms. The van der Waals surface area contributed by atoms with Crippen LogP contribution in [0.15, 0.2) is 42.5 Å². The van der Waals surface area contributed by atoms with Gasteiger partial charge in [0.15, 0.2) is 18.1 Å². The fraction of sp³-hybridized carbons (Fsp3) is 0.111. The molecule has 0 unspecified atom stereocenters. The van der Waals surface area contributed by atoms with Crippen LogP contribution in [0.2, 0.25) is 10.0 Å². The number of hydrogen-bond donors (Lipinski definition) is 1. The molecule has 0 spiro atoms. The van der Waals surface area contributed by atoms with Crippen molar-refractivity contribution in [2.24, 2.45) is 0 Å². The fourth-order valence-electron chi connectivity index (χ4n) is 1.96. The van der Waals surface area contributed by atoms with Gasteiger partial charge in [-0.1, -0.05) is 35.3 Å². The Morgan fingerprint density at radius 2 is 2.08 bits per heavy atom. The number of anilines is 1. The highest BCUT2D eigenvalue weighted by molar-refractivity contribution is 6.44. The average molecular weight is 377 g/mol. The molecule has 0 heterocycles. The van der Waals surface area contributed by atoms with Crippen molar-refractivity contribution in [3.63, 3.8) is 0 Å². The number of nitriles is 1. The number of ether oxygens (including phenoxy) is 2. The van der Waals surface area contributed by atoms with Crippen LogP contribution in [0.3, 0.4) is 0 Å². The lowest BCUT2D eigenvalue weighted by molar-refractivity contribution is -0.111. The Kier molecular flexibility index (Phi) is 6.70. The zero-order valence-corrected chi connectivity index (χ0v) is 14.8. The summed E-state index contributed by atoms with van der Waals surface area (Å²) in [5.74, 6) is 0.569. The number of benzene rings is 2. The van der Waals surface area contributed by atoms with E-state index in [0.717, 1.165) is 5.56 Å². The predicted molar refractivity (Wildman–Crippen MR) is 98.2 cm³/mol. The van der Waals surface area contributed by atoms with E-state index < -0.39 is 0 Å². The van der Waals surface area contributed by atoms with E-state index in [2.05, 4.69) is 5.32 Å². The molecule has 0 aliphatic rings. The summed E-state index contributed by atoms with van der Waals surface area (Å²) in [6, 6.07) is 12.0. The molecule has 0 atom stereocenters. The van der Waals surface area contributed by atoms with Crippen LogP contribution in [0.5, 0.6) is 11.5 Å². The SMILES string of the molecule is COc1cc(/C=C/C(=O)Nc2cccc(Cl)c2Cl)ccc1OCC#N. The Morgan fingerprint density at radius 3 is 2.80 bits per heavy atom. The summed E-state index contributed by atoms with van der Waals surface area (Å²) >= 11 is 11.9. The summed E-state index contributed by atoms with van der Waals surface area (Å²) in [5, 5.41) is 11.9. The van der Waals surface area contributed by atoms with Gasteiger partial charge in [-0.2, -0.15) is 5.26 Å². The van der Waals surface area contributed by atoms with Gasteiger partial charge in [-0.05, 0) is 35.9 Å². The number of nitrogens with one attached hydrogen (secondary N) is 1. The van der Waals surface area contributed by atoms with Gasteiger partial charge >= 0.3 is 0 Å². The third-order valence-corrected chi connectivity index (χ3v) is 3.94. The second kappa shape index (κ2) is 8.97. The first-order valence-corrected chi connectivity index (χ1v) is 7.91. The molecule has 0 saturated carbocycles. The van der Waals surface area contributed by atoms with Gasteiger partial charge in [-0.3, -0.25) is 4.79 Å². The minimum Gasteiger partial charge on any atom is -0.493 e. The normalized spacial score (nSPS) is 10.3. The lowest BCUT2D eigenvalue weighted by atomic mass is 10.2. The van der Waals surface area contributed by atoms with Crippen LogP contribution >= 0.6 is 23.2 Å². The minimum atomic E-state index is -0.354. The van der Waals surface area contributed by atoms with Gasteiger partial charge < -0.3 is 14.8 Å². The Labute approximate surface area is 155 Å². The molecule has 2 rings (SSSR count). The molecule has 2 aromatic rings. The molecule has 0 aliphatic heterocycles. The number of hydrogen-bond acceptors (Lipinski definition) is 4. The van der Waals surface area contributed by atoms with Crippen LogP contribution in [0, 0.1) is 11.3 Å². The summed E-state index contributed by atoms with van der Waals surface area (Å²) in [5.41, 5.74) is 1.16. The number of nitrogens with zero attached hydrogens (tertiary/aromatic N) is 1. The van der Waals surface area contributed by atoms with E-state index in [0.29, 0.717) is 22.2 Å². The maximum absolute atomic E-state index is 12.0. The Balaban J connectivity index is 2.09. The van der Waals surface area contributed by atoms with Crippen LogP contribution in [0.1, 0.15) is 5.56 Å². The van der Waals surface area contributed by atoms with Crippen molar-refractivity contribution in [2.45, 2.75) is 0 Å². The fourth-order valence-corrected chi connectivity index (χ4v) is 2.31. The molecule has 128 valence electrons. The first kappa shape index (κ1) is 18.7. The average Bonchev–Trinajstić information content (AvgIpc) is 2.62. The molecule has 0 bridgehead atoms. The van der Waals surface area contributed by atoms with Gasteiger partial charge in [-0.25, -0.2) is 0 Å². The van der Waals surface area contributed by atoms with Crippen LogP contribution in [0.25, 0.3) is 6.08 Å². The highest BCUT2D eigenvalue weighted by Gasteiger charge is 2.07. The first-order chi connectivity index (χ1) is 12.0. The van der Waals surface area contributed by atoms with E-state index in [1.807, 2.05) is 6.07 Å². The molecule has 25 heavy (non-hydrogen) atoms. The molecule has 5 nitrogen and oxygen atoms in total. The zero-order chi connectivity index (χ0) is 18.2. The van der Waals surface area contributed by atoms with Crippen LogP contribution in [-0.2, 0) is 4.79 Å². The summed E-state index contributed by atoms with van der Waals surface area (Å²) in [4.78, 5) is 12.0. The lowest BCUT2D eigenvalue weighted by Gasteiger charge is -2.09. The summed E-state index contributed by atoms with van der Waals surface area (Å²) in [7, 11) is 1.50. The Bertz CT molecular complexity index is 845. The molecule has 0 aromatic heterocycles. The molecule has 1 amide bonds. The number of carbonyl (C=O) groups excluding carboxylic acids is 1. The maximum atomic E-state index is 12.0. The Morgan fingerprint density at radius 1 is 1.28 bits per heavy atom. The van der Waals surface area contributed by atoms with Crippen LogP contribution < -0.4 is 14.8 Å². The molecular formula is C18H14Cl2N2O3. The van der Waals surface area contributed by atoms with E-state index in [1.54, 1.807) is 42.5 Å². The molecule has 2 aromatic carbocycles. The number of methoxy groups -OCH3 is 1. The molecule has 0 saturated heterocycles. The van der Waals surface area contributed by atoms with Crippen LogP contribution in [-0.4, -0.2) is 19.6 Å². The van der Waals surface area contributed by atoms with Crippen molar-refractivity contribution in [2.75, 3.05) is 19.0 Å². The van der Waals surface area contributed by atoms with Gasteiger partial charge in [0.25, 0.3) is 0 Å². The van der Waals surface area contributed by atoms with E-state index in [-0.39, 0.29) is 17.5 Å². The topological polar surface area (TPSA) is 71.3 Å². The van der Waals surface area contributed by atoms with Crippen LogP contribution in [0.4, 0.5) is 5.69 Å². The van der Waals surface area contributed by atoms with E-state index >= 15 is 0 Å². The monoisotopic (exact) mass is 376 g/mol. The summed E-state index contributed by atoms with van der Waals surface area (Å²) in [6.45, 7) is -0.0751. The third kappa shape index (κ3) is 5.15. The molecule has 0 radical (unpaired) electrons. The maximum Gasteiger partial charge on any atom is 0.248 e. The predicted octanol–water partition coefficient (Wildman–Crippen LogP) is 4.56. The van der Waals surface area contributed by atoms with Gasteiger partial charge in [-0.15, -0.1) is 0 Å². The highest BCUT2D eigenvalue weighted by Crippen LogP contribution is 2.30. The number of halogens is 2. The second-order valence-electron chi connectivity index (χ2n) is 4.78. The van der Waals surface area contributed by atoms with Crippen molar-refractivity contribution in [3.05, 3.63) is 58.1 Å². The van der Waals surface area contributed by atoms with Crippen molar-refractivity contribution in [1.82, 2.24) is 0 Å². The lowest BCUT2D eigenvalue weighted by Crippen LogP contribution is -2.08. The molecule has 0 aliphatic carbocycles. The molecule has 0 fully saturated rings. The smallest absolute Gasteiger partial charge is 0.248 e. The van der Waals surface area contributed by atoms with E-state index in [1.165, 1.54) is 13.2 Å². The molecular weight excluding hydrogens is 363 g/mol. The third-order valence-electron chi connectivity index (χ3n) is 3.12. The number of rotatable bonds is 6. The summed E-state index contributed by atoms with van der Waals surface area (Å²) < 4.78 is 10.5. The van der Waals surface area contributed by atoms with Crippen molar-refractivity contribution < 1.29 is 14.3 Å². The van der Waals surface area contributed by atoms with Gasteiger partial charge in [0, 0.05) is 6.08 Å². The minimum absolute atomic E-state index is 0.0751. The van der Waals surface area contributed by atoms with Gasteiger partial charge in [0.1, 0.15) is 6.07 Å². The van der Waals surface area contributed by atoms with E-state index in [4.69, 9.17) is 37.9 Å². The summed E-state index contributed by atoms with van der Waals surface area (Å²) in [6.07, 6.45) is 2.98. The van der Waals surface area contributed by atoms with Crippen molar-refractivity contribution in [1.29, 1.82) is 5.26 Å². The van der Waals surface area contributed by atoms with Gasteiger partial charge in [0.05, 0.1) is 22.8 Å². The largest absolute Gasteiger partial charge is 0.493 e. The zero-order valence-electron chi connectivity index (χ0n) is 13.3. The Hall–Kier alpha value is -2.68. The van der Waals surface area contributed by atoms with E-state index in [9.17, 15) is 4.79 Å².